The monoisotopic (exact) mass is 571 g/mol. The average molecular weight is 572 g/mol. The van der Waals surface area contributed by atoms with Crippen molar-refractivity contribution >= 4 is 23.2 Å². The van der Waals surface area contributed by atoms with Crippen molar-refractivity contribution in [2.75, 3.05) is 57.6 Å². The van der Waals surface area contributed by atoms with Crippen LogP contribution in [0.2, 0.25) is 0 Å². The van der Waals surface area contributed by atoms with Gasteiger partial charge in [-0.2, -0.15) is 4.99 Å². The number of rotatable bonds is 6. The lowest BCUT2D eigenvalue weighted by Crippen LogP contribution is -2.44. The lowest BCUT2D eigenvalue weighted by Gasteiger charge is -2.39. The van der Waals surface area contributed by atoms with E-state index >= 15 is 0 Å². The van der Waals surface area contributed by atoms with E-state index in [1.165, 1.54) is 0 Å². The highest BCUT2D eigenvalue weighted by Gasteiger charge is 2.34. The number of ether oxygens (including phenoxy) is 1. The van der Waals surface area contributed by atoms with Crippen molar-refractivity contribution in [1.82, 2.24) is 14.8 Å². The van der Waals surface area contributed by atoms with Crippen molar-refractivity contribution in [2.45, 2.75) is 37.3 Å². The Balaban J connectivity index is 1.21. The average Bonchev–Trinajstić information content (AvgIpc) is 3.02. The number of aromatic amines is 1. The summed E-state index contributed by atoms with van der Waals surface area (Å²) in [5.74, 6) is 0.759. The Hall–Kier alpha value is -4.15. The largest absolute Gasteiger partial charge is 0.497 e. The smallest absolute Gasteiger partial charge is 0.253 e. The minimum atomic E-state index is -0.900. The Morgan fingerprint density at radius 2 is 1.74 bits per heavy atom. The third kappa shape index (κ3) is 6.66. The van der Waals surface area contributed by atoms with E-state index in [4.69, 9.17) is 10.1 Å². The molecule has 2 aliphatic rings. The zero-order chi connectivity index (χ0) is 29.7. The Labute approximate surface area is 247 Å². The number of nitrogens with one attached hydrogen (secondary N) is 3. The van der Waals surface area contributed by atoms with Gasteiger partial charge in [0.15, 0.2) is 5.49 Å². The fourth-order valence-corrected chi connectivity index (χ4v) is 5.80. The number of anilines is 2. The first-order chi connectivity index (χ1) is 20.3. The molecule has 4 N–H and O–H groups in total. The number of hydrogen-bond donors (Lipinski definition) is 4. The molecule has 5 rings (SSSR count). The zero-order valence-corrected chi connectivity index (χ0v) is 24.6. The summed E-state index contributed by atoms with van der Waals surface area (Å²) in [5, 5.41) is 22.9. The van der Waals surface area contributed by atoms with Crippen LogP contribution < -0.4 is 20.4 Å². The van der Waals surface area contributed by atoms with E-state index in [1.807, 2.05) is 48.3 Å². The molecule has 0 bridgehead atoms. The van der Waals surface area contributed by atoms with Gasteiger partial charge in [-0.05, 0) is 99.9 Å². The first-order valence-electron chi connectivity index (χ1n) is 14.5. The minimum Gasteiger partial charge on any atom is -0.497 e. The molecule has 0 saturated carbocycles. The van der Waals surface area contributed by atoms with Gasteiger partial charge in [-0.25, -0.2) is 0 Å². The quantitative estimate of drug-likeness (QED) is 0.265. The van der Waals surface area contributed by atoms with Crippen LogP contribution in [0.15, 0.2) is 71.9 Å². The van der Waals surface area contributed by atoms with Crippen LogP contribution in [-0.4, -0.2) is 85.2 Å². The third-order valence-electron chi connectivity index (χ3n) is 8.55. The van der Waals surface area contributed by atoms with E-state index in [1.54, 1.807) is 37.6 Å². The number of guanidine groups is 1. The molecule has 0 aliphatic carbocycles. The van der Waals surface area contributed by atoms with E-state index in [-0.39, 0.29) is 17.9 Å². The zero-order valence-electron chi connectivity index (χ0n) is 24.6. The molecule has 3 heterocycles. The minimum absolute atomic E-state index is 0.0137. The number of piperidine rings is 2. The van der Waals surface area contributed by atoms with Gasteiger partial charge in [0.05, 0.1) is 18.4 Å². The molecule has 0 unspecified atom stereocenters. The predicted molar refractivity (Wildman–Crippen MR) is 165 cm³/mol. The van der Waals surface area contributed by atoms with Crippen LogP contribution in [-0.2, 0) is 5.60 Å². The number of pyridine rings is 1. The summed E-state index contributed by atoms with van der Waals surface area (Å²) in [5.41, 5.74) is 2.74. The second kappa shape index (κ2) is 12.8. The number of carbonyl (C=O) groups excluding carboxylic acids is 1. The number of H-pyrrole nitrogens is 1. The van der Waals surface area contributed by atoms with E-state index in [0.717, 1.165) is 42.9 Å². The second-order valence-corrected chi connectivity index (χ2v) is 11.3. The van der Waals surface area contributed by atoms with Gasteiger partial charge >= 0.3 is 0 Å². The van der Waals surface area contributed by atoms with E-state index in [2.05, 4.69) is 32.1 Å². The summed E-state index contributed by atoms with van der Waals surface area (Å²) in [4.78, 5) is 27.1. The number of aliphatic hydroxyl groups is 1. The van der Waals surface area contributed by atoms with E-state index in [0.29, 0.717) is 42.7 Å². The van der Waals surface area contributed by atoms with Gasteiger partial charge in [0.2, 0.25) is 5.96 Å². The lowest BCUT2D eigenvalue weighted by molar-refractivity contribution is 0.0117. The van der Waals surface area contributed by atoms with Crippen LogP contribution in [0, 0.1) is 5.41 Å². The van der Waals surface area contributed by atoms with Crippen LogP contribution in [0.25, 0.3) is 0 Å². The van der Waals surface area contributed by atoms with Gasteiger partial charge < -0.3 is 34.8 Å². The van der Waals surface area contributed by atoms with Gasteiger partial charge in [0.1, 0.15) is 5.75 Å². The van der Waals surface area contributed by atoms with Crippen molar-refractivity contribution in [3.05, 3.63) is 83.5 Å². The first kappa shape index (κ1) is 29.3. The van der Waals surface area contributed by atoms with Crippen molar-refractivity contribution in [3.63, 3.8) is 0 Å². The molecule has 10 heteroatoms. The summed E-state index contributed by atoms with van der Waals surface area (Å²) in [7, 11) is 5.63. The summed E-state index contributed by atoms with van der Waals surface area (Å²) in [6, 6.07) is 18.9. The summed E-state index contributed by atoms with van der Waals surface area (Å²) >= 11 is 0. The van der Waals surface area contributed by atoms with Crippen molar-refractivity contribution in [2.24, 2.45) is 4.99 Å². The van der Waals surface area contributed by atoms with Crippen LogP contribution in [0.3, 0.4) is 0 Å². The van der Waals surface area contributed by atoms with Crippen molar-refractivity contribution in [3.8, 4) is 5.75 Å². The maximum absolute atomic E-state index is 13.0. The molecular weight excluding hydrogens is 530 g/mol. The fourth-order valence-electron chi connectivity index (χ4n) is 5.80. The Morgan fingerprint density at radius 1 is 1.07 bits per heavy atom. The molecule has 2 aliphatic heterocycles. The summed E-state index contributed by atoms with van der Waals surface area (Å²) in [6.07, 6.45) is 4.89. The van der Waals surface area contributed by atoms with Crippen molar-refractivity contribution in [1.29, 1.82) is 5.41 Å². The Morgan fingerprint density at radius 3 is 2.38 bits per heavy atom. The summed E-state index contributed by atoms with van der Waals surface area (Å²) < 4.78 is 5.25. The molecule has 3 aromatic rings. The molecule has 2 aromatic carbocycles. The molecule has 2 fully saturated rings. The normalized spacial score (nSPS) is 18.0. The summed E-state index contributed by atoms with van der Waals surface area (Å²) in [6.45, 7) is 3.29. The van der Waals surface area contributed by atoms with Crippen LogP contribution in [0.4, 0.5) is 11.4 Å². The lowest BCUT2D eigenvalue weighted by atomic mass is 9.84. The van der Waals surface area contributed by atoms with Gasteiger partial charge in [-0.15, -0.1) is 0 Å². The Bertz CT molecular complexity index is 1440. The number of nitrogens with zero attached hydrogens (tertiary/aromatic N) is 4. The van der Waals surface area contributed by atoms with Crippen LogP contribution in [0.5, 0.6) is 5.75 Å². The third-order valence-corrected chi connectivity index (χ3v) is 8.55. The van der Waals surface area contributed by atoms with Gasteiger partial charge in [-0.3, -0.25) is 10.2 Å². The highest BCUT2D eigenvalue weighted by molar-refractivity contribution is 5.96. The van der Waals surface area contributed by atoms with Crippen LogP contribution in [0.1, 0.15) is 41.6 Å². The molecular formula is C32H41N7O3. The molecule has 0 atom stereocenters. The topological polar surface area (TPSA) is 120 Å². The van der Waals surface area contributed by atoms with Gasteiger partial charge in [-0.1, -0.05) is 12.1 Å². The molecule has 10 nitrogen and oxygen atoms in total. The highest BCUT2D eigenvalue weighted by Crippen LogP contribution is 2.34. The second-order valence-electron chi connectivity index (χ2n) is 11.3. The number of amides is 1. The predicted octanol–water partition coefficient (Wildman–Crippen LogP) is 3.63. The molecule has 1 aromatic heterocycles. The number of benzene rings is 2. The molecule has 42 heavy (non-hydrogen) atoms. The Kier molecular flexibility index (Phi) is 8.94. The first-order valence-corrected chi connectivity index (χ1v) is 14.5. The molecule has 0 spiro atoms. The van der Waals surface area contributed by atoms with E-state index < -0.39 is 5.60 Å². The maximum Gasteiger partial charge on any atom is 0.253 e. The number of likely N-dealkylation sites (tertiary alicyclic amines) is 1. The highest BCUT2D eigenvalue weighted by atomic mass is 16.5. The molecule has 2 saturated heterocycles. The van der Waals surface area contributed by atoms with Gasteiger partial charge in [0, 0.05) is 43.6 Å². The molecule has 1 amide bonds. The number of aromatic nitrogens is 1. The standard InChI is InChI=1S/C32H41N7O3/c1-37-19-14-26(15-20-37)38(2)30(40)23-6-10-25(11-7-23)35-31(33)36-29-28(5-4-18-34-29)39-21-16-32(41,17-22-39)24-8-12-27(42-3)13-9-24/h4-13,18,26,41H,14-17,19-22H2,1-3H3,(H3,33,34,35,36). The molecule has 0 radical (unpaired) electrons. The molecule has 222 valence electrons. The SMILES string of the molecule is COc1ccc(C2(O)CCN(c3ccc[nH]/c3=N\C(=N)Nc3ccc(C(=O)N(C)C4CCN(C)CC4)cc3)CC2)cc1. The van der Waals surface area contributed by atoms with Crippen molar-refractivity contribution < 1.29 is 14.6 Å². The maximum atomic E-state index is 13.0. The number of hydrogen-bond acceptors (Lipinski definition) is 6. The number of methoxy groups -OCH3 is 1. The fraction of sp³-hybridized carbons (Fsp3) is 0.406. The number of carbonyl (C=O) groups is 1. The van der Waals surface area contributed by atoms with Crippen LogP contribution >= 0.6 is 0 Å². The van der Waals surface area contributed by atoms with E-state index in [9.17, 15) is 9.90 Å². The van der Waals surface area contributed by atoms with Gasteiger partial charge in [0.25, 0.3) is 5.91 Å².